The SMILES string of the molecule is CC(C)(NC(=O)OCc1ccccc1)C(=O)NCc1ccco1. The molecule has 0 spiro atoms. The topological polar surface area (TPSA) is 80.6 Å². The lowest BCUT2D eigenvalue weighted by atomic mass is 10.1. The first-order valence-corrected chi connectivity index (χ1v) is 7.27. The molecule has 2 amide bonds. The summed E-state index contributed by atoms with van der Waals surface area (Å²) in [6, 6.07) is 12.8. The molecule has 0 aliphatic carbocycles. The Kier molecular flexibility index (Phi) is 5.41. The van der Waals surface area contributed by atoms with Gasteiger partial charge >= 0.3 is 6.09 Å². The Bertz CT molecular complexity index is 636. The van der Waals surface area contributed by atoms with Gasteiger partial charge in [-0.3, -0.25) is 4.79 Å². The van der Waals surface area contributed by atoms with Crippen LogP contribution in [0.4, 0.5) is 4.79 Å². The molecule has 0 atom stereocenters. The van der Waals surface area contributed by atoms with Gasteiger partial charge in [-0.2, -0.15) is 0 Å². The summed E-state index contributed by atoms with van der Waals surface area (Å²) in [6.45, 7) is 3.62. The van der Waals surface area contributed by atoms with Crippen molar-refractivity contribution in [2.75, 3.05) is 0 Å². The lowest BCUT2D eigenvalue weighted by Crippen LogP contribution is -2.54. The number of amides is 2. The van der Waals surface area contributed by atoms with Crippen LogP contribution in [0.25, 0.3) is 0 Å². The summed E-state index contributed by atoms with van der Waals surface area (Å²) in [5, 5.41) is 5.25. The first-order valence-electron chi connectivity index (χ1n) is 7.27. The van der Waals surface area contributed by atoms with E-state index in [-0.39, 0.29) is 19.1 Å². The highest BCUT2D eigenvalue weighted by atomic mass is 16.5. The van der Waals surface area contributed by atoms with Crippen LogP contribution in [-0.2, 0) is 22.7 Å². The van der Waals surface area contributed by atoms with E-state index in [0.29, 0.717) is 5.76 Å². The fourth-order valence-electron chi connectivity index (χ4n) is 1.87. The zero-order valence-corrected chi connectivity index (χ0v) is 13.2. The molecule has 0 aliphatic heterocycles. The molecule has 0 saturated carbocycles. The summed E-state index contributed by atoms with van der Waals surface area (Å²) < 4.78 is 10.3. The van der Waals surface area contributed by atoms with Crippen molar-refractivity contribution in [2.45, 2.75) is 32.5 Å². The van der Waals surface area contributed by atoms with Crippen LogP contribution in [0, 0.1) is 0 Å². The minimum Gasteiger partial charge on any atom is -0.467 e. The Morgan fingerprint density at radius 2 is 1.87 bits per heavy atom. The van der Waals surface area contributed by atoms with Crippen molar-refractivity contribution in [3.05, 3.63) is 60.1 Å². The van der Waals surface area contributed by atoms with Gasteiger partial charge in [0.1, 0.15) is 17.9 Å². The standard InChI is InChI=1S/C17H20N2O4/c1-17(2,15(20)18-11-14-9-6-10-22-14)19-16(21)23-12-13-7-4-3-5-8-13/h3-10H,11-12H2,1-2H3,(H,18,20)(H,19,21). The second kappa shape index (κ2) is 7.49. The van der Waals surface area contributed by atoms with Crippen molar-refractivity contribution < 1.29 is 18.7 Å². The molecule has 6 heteroatoms. The smallest absolute Gasteiger partial charge is 0.408 e. The number of alkyl carbamates (subject to hydrolysis) is 1. The number of rotatable bonds is 6. The third-order valence-corrected chi connectivity index (χ3v) is 3.20. The maximum atomic E-state index is 12.1. The number of nitrogens with one attached hydrogen (secondary N) is 2. The monoisotopic (exact) mass is 316 g/mol. The molecule has 23 heavy (non-hydrogen) atoms. The second-order valence-electron chi connectivity index (χ2n) is 5.57. The first-order chi connectivity index (χ1) is 11.0. The van der Waals surface area contributed by atoms with E-state index in [0.717, 1.165) is 5.56 Å². The van der Waals surface area contributed by atoms with Crippen LogP contribution in [-0.4, -0.2) is 17.5 Å². The number of furan rings is 1. The summed E-state index contributed by atoms with van der Waals surface area (Å²) in [5.74, 6) is 0.311. The highest BCUT2D eigenvalue weighted by molar-refractivity contribution is 5.89. The van der Waals surface area contributed by atoms with Gasteiger partial charge in [-0.05, 0) is 31.5 Å². The largest absolute Gasteiger partial charge is 0.467 e. The molecule has 6 nitrogen and oxygen atoms in total. The summed E-state index contributed by atoms with van der Waals surface area (Å²) in [6.07, 6.45) is 0.887. The van der Waals surface area contributed by atoms with E-state index in [2.05, 4.69) is 10.6 Å². The molecule has 2 rings (SSSR count). The molecule has 2 N–H and O–H groups in total. The fourth-order valence-corrected chi connectivity index (χ4v) is 1.87. The molecule has 1 aromatic carbocycles. The molecule has 1 aromatic heterocycles. The van der Waals surface area contributed by atoms with E-state index in [1.54, 1.807) is 26.0 Å². The van der Waals surface area contributed by atoms with Gasteiger partial charge in [-0.25, -0.2) is 4.79 Å². The highest BCUT2D eigenvalue weighted by Crippen LogP contribution is 2.06. The van der Waals surface area contributed by atoms with E-state index in [4.69, 9.17) is 9.15 Å². The quantitative estimate of drug-likeness (QED) is 0.858. The Morgan fingerprint density at radius 1 is 1.13 bits per heavy atom. The van der Waals surface area contributed by atoms with Crippen molar-refractivity contribution in [2.24, 2.45) is 0 Å². The maximum absolute atomic E-state index is 12.1. The summed E-state index contributed by atoms with van der Waals surface area (Å²) in [7, 11) is 0. The molecule has 0 saturated heterocycles. The van der Waals surface area contributed by atoms with Gasteiger partial charge in [0, 0.05) is 0 Å². The van der Waals surface area contributed by atoms with Crippen LogP contribution in [0.5, 0.6) is 0 Å². The van der Waals surface area contributed by atoms with Gasteiger partial charge in [-0.15, -0.1) is 0 Å². The van der Waals surface area contributed by atoms with E-state index < -0.39 is 11.6 Å². The summed E-state index contributed by atoms with van der Waals surface area (Å²) in [5.41, 5.74) is -0.219. The van der Waals surface area contributed by atoms with Crippen LogP contribution in [0.1, 0.15) is 25.2 Å². The number of hydrogen-bond donors (Lipinski definition) is 2. The second-order valence-corrected chi connectivity index (χ2v) is 5.57. The van der Waals surface area contributed by atoms with Crippen molar-refractivity contribution >= 4 is 12.0 Å². The highest BCUT2D eigenvalue weighted by Gasteiger charge is 2.30. The first kappa shape index (κ1) is 16.6. The van der Waals surface area contributed by atoms with Gasteiger partial charge in [0.25, 0.3) is 0 Å². The summed E-state index contributed by atoms with van der Waals surface area (Å²) >= 11 is 0. The van der Waals surface area contributed by atoms with E-state index >= 15 is 0 Å². The molecule has 0 bridgehead atoms. The zero-order chi connectivity index (χ0) is 16.7. The van der Waals surface area contributed by atoms with Crippen molar-refractivity contribution in [1.82, 2.24) is 10.6 Å². The lowest BCUT2D eigenvalue weighted by molar-refractivity contribution is -0.126. The van der Waals surface area contributed by atoms with Crippen molar-refractivity contribution in [1.29, 1.82) is 0 Å². The Balaban J connectivity index is 1.79. The fraction of sp³-hybridized carbons (Fsp3) is 0.294. The number of carbonyl (C=O) groups excluding carboxylic acids is 2. The Labute approximate surface area is 134 Å². The molecule has 0 unspecified atom stereocenters. The van der Waals surface area contributed by atoms with E-state index in [1.807, 2.05) is 30.3 Å². The van der Waals surface area contributed by atoms with Gasteiger partial charge in [-0.1, -0.05) is 30.3 Å². The number of benzene rings is 1. The normalized spacial score (nSPS) is 10.9. The average molecular weight is 316 g/mol. The molecular formula is C17H20N2O4. The molecule has 0 aliphatic rings. The molecular weight excluding hydrogens is 296 g/mol. The van der Waals surface area contributed by atoms with Gasteiger partial charge in [0.05, 0.1) is 12.8 Å². The van der Waals surface area contributed by atoms with Crippen molar-refractivity contribution in [3.63, 3.8) is 0 Å². The number of ether oxygens (including phenoxy) is 1. The Hall–Kier alpha value is -2.76. The summed E-state index contributed by atoms with van der Waals surface area (Å²) in [4.78, 5) is 24.0. The van der Waals surface area contributed by atoms with Crippen LogP contribution in [0.3, 0.4) is 0 Å². The third kappa shape index (κ3) is 5.18. The van der Waals surface area contributed by atoms with Gasteiger partial charge in [0.15, 0.2) is 0 Å². The van der Waals surface area contributed by atoms with Gasteiger partial charge in [0.2, 0.25) is 5.91 Å². The minimum atomic E-state index is -1.10. The van der Waals surface area contributed by atoms with Gasteiger partial charge < -0.3 is 19.8 Å². The molecule has 1 heterocycles. The molecule has 122 valence electrons. The average Bonchev–Trinajstić information content (AvgIpc) is 3.04. The number of carbonyl (C=O) groups is 2. The maximum Gasteiger partial charge on any atom is 0.408 e. The van der Waals surface area contributed by atoms with Crippen LogP contribution >= 0.6 is 0 Å². The lowest BCUT2D eigenvalue weighted by Gasteiger charge is -2.24. The Morgan fingerprint density at radius 3 is 2.52 bits per heavy atom. The van der Waals surface area contributed by atoms with Crippen LogP contribution in [0.15, 0.2) is 53.1 Å². The van der Waals surface area contributed by atoms with Crippen LogP contribution < -0.4 is 10.6 Å². The predicted molar refractivity (Wildman–Crippen MR) is 84.4 cm³/mol. The number of hydrogen-bond acceptors (Lipinski definition) is 4. The van der Waals surface area contributed by atoms with Crippen molar-refractivity contribution in [3.8, 4) is 0 Å². The molecule has 0 fully saturated rings. The minimum absolute atomic E-state index is 0.150. The molecule has 0 radical (unpaired) electrons. The zero-order valence-electron chi connectivity index (χ0n) is 13.2. The van der Waals surface area contributed by atoms with E-state index in [9.17, 15) is 9.59 Å². The van der Waals surface area contributed by atoms with Crippen LogP contribution in [0.2, 0.25) is 0 Å². The molecule has 2 aromatic rings. The van der Waals surface area contributed by atoms with E-state index in [1.165, 1.54) is 6.26 Å². The predicted octanol–water partition coefficient (Wildman–Crippen LogP) is 2.60. The third-order valence-electron chi connectivity index (χ3n) is 3.20.